The van der Waals surface area contributed by atoms with Gasteiger partial charge in [0.25, 0.3) is 0 Å². The Balaban J connectivity index is 2.49. The van der Waals surface area contributed by atoms with E-state index < -0.39 is 0 Å². The maximum Gasteiger partial charge on any atom is 0.246 e. The highest BCUT2D eigenvalue weighted by Crippen LogP contribution is 2.08. The van der Waals surface area contributed by atoms with Crippen molar-refractivity contribution in [3.05, 3.63) is 28.5 Å². The molecule has 0 aliphatic heterocycles. The number of carbonyl (C=O) groups excluding carboxylic acids is 1. The highest BCUT2D eigenvalue weighted by atomic mass is 32.1. The predicted octanol–water partition coefficient (Wildman–Crippen LogP) is 2.38. The molecule has 0 fully saturated rings. The first kappa shape index (κ1) is 12.5. The van der Waals surface area contributed by atoms with Gasteiger partial charge in [-0.1, -0.05) is 0 Å². The Bertz CT molecular complexity index is 403. The van der Waals surface area contributed by atoms with E-state index in [1.807, 2.05) is 16.8 Å². The van der Waals surface area contributed by atoms with Crippen LogP contribution in [0.5, 0.6) is 0 Å². The van der Waals surface area contributed by atoms with E-state index in [0.717, 1.165) is 5.56 Å². The average molecular weight is 234 g/mol. The standard InChI is InChI=1S/C12H14N2OS/c1-10(7-13)8-14(2)12(15)4-3-11-5-6-16-9-11/h3-6,9-10H,8H2,1-2H3/b4-3-/t10-/m1/s1. The van der Waals surface area contributed by atoms with Gasteiger partial charge < -0.3 is 4.90 Å². The van der Waals surface area contributed by atoms with Gasteiger partial charge in [0.05, 0.1) is 12.0 Å². The van der Waals surface area contributed by atoms with Crippen LogP contribution in [0.25, 0.3) is 6.08 Å². The lowest BCUT2D eigenvalue weighted by atomic mass is 10.2. The monoisotopic (exact) mass is 234 g/mol. The quantitative estimate of drug-likeness (QED) is 0.751. The van der Waals surface area contributed by atoms with Gasteiger partial charge in [-0.2, -0.15) is 16.6 Å². The number of thiophene rings is 1. The minimum Gasteiger partial charge on any atom is -0.341 e. The molecule has 3 nitrogen and oxygen atoms in total. The van der Waals surface area contributed by atoms with Crippen molar-refractivity contribution >= 4 is 23.3 Å². The van der Waals surface area contributed by atoms with Crippen LogP contribution in [-0.4, -0.2) is 24.4 Å². The summed E-state index contributed by atoms with van der Waals surface area (Å²) < 4.78 is 0. The van der Waals surface area contributed by atoms with E-state index in [0.29, 0.717) is 6.54 Å². The Morgan fingerprint density at radius 3 is 3.06 bits per heavy atom. The van der Waals surface area contributed by atoms with Crippen LogP contribution >= 0.6 is 11.3 Å². The van der Waals surface area contributed by atoms with E-state index in [4.69, 9.17) is 5.26 Å². The minimum absolute atomic E-state index is 0.0756. The molecule has 16 heavy (non-hydrogen) atoms. The molecule has 1 rings (SSSR count). The second-order valence-corrected chi connectivity index (χ2v) is 4.42. The molecule has 4 heteroatoms. The smallest absolute Gasteiger partial charge is 0.246 e. The first-order valence-electron chi connectivity index (χ1n) is 4.98. The Labute approximate surface area is 99.6 Å². The fourth-order valence-electron chi connectivity index (χ4n) is 1.21. The molecular weight excluding hydrogens is 220 g/mol. The Hall–Kier alpha value is -1.60. The van der Waals surface area contributed by atoms with Crippen LogP contribution in [0, 0.1) is 17.2 Å². The predicted molar refractivity (Wildman–Crippen MR) is 65.8 cm³/mol. The summed E-state index contributed by atoms with van der Waals surface area (Å²) in [6.07, 6.45) is 3.32. The molecule has 1 aromatic heterocycles. The normalized spacial score (nSPS) is 12.3. The Kier molecular flexibility index (Phi) is 4.74. The van der Waals surface area contributed by atoms with Crippen LogP contribution in [0.15, 0.2) is 22.9 Å². The van der Waals surface area contributed by atoms with Gasteiger partial charge in [0, 0.05) is 19.7 Å². The molecule has 0 aromatic carbocycles. The van der Waals surface area contributed by atoms with E-state index in [9.17, 15) is 4.79 Å². The van der Waals surface area contributed by atoms with Gasteiger partial charge in [0.2, 0.25) is 5.91 Å². The molecule has 0 unspecified atom stereocenters. The zero-order valence-electron chi connectivity index (χ0n) is 9.38. The molecule has 1 amide bonds. The molecule has 0 bridgehead atoms. The van der Waals surface area contributed by atoms with Crippen LogP contribution in [0.4, 0.5) is 0 Å². The lowest BCUT2D eigenvalue weighted by molar-refractivity contribution is -0.125. The van der Waals surface area contributed by atoms with Crippen molar-refractivity contribution in [2.75, 3.05) is 13.6 Å². The highest BCUT2D eigenvalue weighted by molar-refractivity contribution is 7.08. The summed E-state index contributed by atoms with van der Waals surface area (Å²) in [5.41, 5.74) is 1.03. The second kappa shape index (κ2) is 6.09. The van der Waals surface area contributed by atoms with E-state index in [1.54, 1.807) is 36.3 Å². The topological polar surface area (TPSA) is 44.1 Å². The highest BCUT2D eigenvalue weighted by Gasteiger charge is 2.08. The molecule has 84 valence electrons. The van der Waals surface area contributed by atoms with Crippen molar-refractivity contribution in [2.45, 2.75) is 6.92 Å². The largest absolute Gasteiger partial charge is 0.341 e. The van der Waals surface area contributed by atoms with E-state index in [1.165, 1.54) is 6.08 Å². The van der Waals surface area contributed by atoms with Gasteiger partial charge in [-0.25, -0.2) is 0 Å². The van der Waals surface area contributed by atoms with E-state index in [2.05, 4.69) is 6.07 Å². The van der Waals surface area contributed by atoms with Gasteiger partial charge in [0.15, 0.2) is 0 Å². The summed E-state index contributed by atoms with van der Waals surface area (Å²) in [4.78, 5) is 13.2. The van der Waals surface area contributed by atoms with Gasteiger partial charge in [-0.15, -0.1) is 0 Å². The van der Waals surface area contributed by atoms with Crippen LogP contribution < -0.4 is 0 Å². The fraction of sp³-hybridized carbons (Fsp3) is 0.333. The number of hydrogen-bond donors (Lipinski definition) is 0. The van der Waals surface area contributed by atoms with Gasteiger partial charge in [-0.05, 0) is 35.4 Å². The number of likely N-dealkylation sites (N-methyl/N-ethyl adjacent to an activating group) is 1. The summed E-state index contributed by atoms with van der Waals surface area (Å²) in [6.45, 7) is 2.26. The zero-order chi connectivity index (χ0) is 12.0. The third-order valence-electron chi connectivity index (χ3n) is 2.11. The second-order valence-electron chi connectivity index (χ2n) is 3.64. The molecule has 0 spiro atoms. The number of hydrogen-bond acceptors (Lipinski definition) is 3. The zero-order valence-corrected chi connectivity index (χ0v) is 10.2. The summed E-state index contributed by atoms with van der Waals surface area (Å²) in [5.74, 6) is -0.211. The molecule has 0 aliphatic carbocycles. The molecule has 1 heterocycles. The van der Waals surface area contributed by atoms with Crippen molar-refractivity contribution in [2.24, 2.45) is 5.92 Å². The SMILES string of the molecule is C[C@H](C#N)CN(C)C(=O)/C=C\c1ccsc1. The Morgan fingerprint density at radius 2 is 2.50 bits per heavy atom. The van der Waals surface area contributed by atoms with Crippen molar-refractivity contribution in [1.29, 1.82) is 5.26 Å². The summed E-state index contributed by atoms with van der Waals surface area (Å²) >= 11 is 1.59. The molecule has 0 saturated carbocycles. The molecule has 1 aromatic rings. The lowest BCUT2D eigenvalue weighted by Crippen LogP contribution is -2.29. The molecule has 0 aliphatic rings. The molecule has 0 radical (unpaired) electrons. The Morgan fingerprint density at radius 1 is 1.75 bits per heavy atom. The van der Waals surface area contributed by atoms with Gasteiger partial charge >= 0.3 is 0 Å². The number of carbonyl (C=O) groups is 1. The van der Waals surface area contributed by atoms with Crippen LogP contribution in [-0.2, 0) is 4.79 Å². The third kappa shape index (κ3) is 3.87. The fourth-order valence-corrected chi connectivity index (χ4v) is 1.83. The maximum atomic E-state index is 11.6. The maximum absolute atomic E-state index is 11.6. The molecule has 1 atom stereocenters. The van der Waals surface area contributed by atoms with Crippen LogP contribution in [0.3, 0.4) is 0 Å². The number of amides is 1. The number of nitrogens with zero attached hydrogens (tertiary/aromatic N) is 2. The minimum atomic E-state index is -0.136. The van der Waals surface area contributed by atoms with E-state index >= 15 is 0 Å². The van der Waals surface area contributed by atoms with Crippen LogP contribution in [0.2, 0.25) is 0 Å². The summed E-state index contributed by atoms with van der Waals surface area (Å²) in [6, 6.07) is 4.05. The first-order valence-corrected chi connectivity index (χ1v) is 5.92. The van der Waals surface area contributed by atoms with Gasteiger partial charge in [-0.3, -0.25) is 4.79 Å². The lowest BCUT2D eigenvalue weighted by Gasteiger charge is -2.15. The van der Waals surface area contributed by atoms with Crippen molar-refractivity contribution < 1.29 is 4.79 Å². The molecular formula is C12H14N2OS. The number of rotatable bonds is 4. The van der Waals surface area contributed by atoms with Crippen LogP contribution in [0.1, 0.15) is 12.5 Å². The summed E-state index contributed by atoms with van der Waals surface area (Å²) in [7, 11) is 1.70. The summed E-state index contributed by atoms with van der Waals surface area (Å²) in [5, 5.41) is 12.6. The van der Waals surface area contributed by atoms with E-state index in [-0.39, 0.29) is 11.8 Å². The molecule has 0 N–H and O–H groups in total. The van der Waals surface area contributed by atoms with Crippen molar-refractivity contribution in [3.8, 4) is 6.07 Å². The average Bonchev–Trinajstić information content (AvgIpc) is 2.78. The van der Waals surface area contributed by atoms with Crippen molar-refractivity contribution in [1.82, 2.24) is 4.90 Å². The third-order valence-corrected chi connectivity index (χ3v) is 2.81. The van der Waals surface area contributed by atoms with Crippen molar-refractivity contribution in [3.63, 3.8) is 0 Å². The van der Waals surface area contributed by atoms with Gasteiger partial charge in [0.1, 0.15) is 0 Å². The molecule has 0 saturated heterocycles. The number of nitriles is 1. The first-order chi connectivity index (χ1) is 7.63.